The topological polar surface area (TPSA) is 29.3 Å². The fraction of sp³-hybridized carbons (Fsp3) is 1.00. The fourth-order valence-electron chi connectivity index (χ4n) is 4.44. The highest BCUT2D eigenvalue weighted by atomic mass is 15.2. The maximum absolute atomic E-state index is 6.23. The van der Waals surface area contributed by atoms with Crippen LogP contribution in [-0.2, 0) is 0 Å². The van der Waals surface area contributed by atoms with Crippen LogP contribution in [0.4, 0.5) is 0 Å². The Bertz CT molecular complexity index is 250. The summed E-state index contributed by atoms with van der Waals surface area (Å²) in [4.78, 5) is 2.76. The van der Waals surface area contributed by atoms with Gasteiger partial charge in [-0.1, -0.05) is 33.1 Å². The molecule has 2 nitrogen and oxygen atoms in total. The summed E-state index contributed by atoms with van der Waals surface area (Å²) in [5.74, 6) is 1.91. The van der Waals surface area contributed by atoms with Crippen LogP contribution in [0.25, 0.3) is 0 Å². The molecule has 0 unspecified atom stereocenters. The van der Waals surface area contributed by atoms with Crippen molar-refractivity contribution in [1.82, 2.24) is 4.90 Å². The first kappa shape index (κ1) is 15.3. The lowest BCUT2D eigenvalue weighted by Gasteiger charge is -2.48. The van der Waals surface area contributed by atoms with Crippen molar-refractivity contribution in [3.8, 4) is 0 Å². The predicted molar refractivity (Wildman–Crippen MR) is 83.2 cm³/mol. The van der Waals surface area contributed by atoms with E-state index in [4.69, 9.17) is 5.73 Å². The first-order valence-electron chi connectivity index (χ1n) is 8.69. The lowest BCUT2D eigenvalue weighted by molar-refractivity contribution is 0.0338. The minimum atomic E-state index is 0.336. The quantitative estimate of drug-likeness (QED) is 0.792. The molecular weight excluding hydrogens is 232 g/mol. The molecule has 2 heteroatoms. The molecule has 19 heavy (non-hydrogen) atoms. The summed E-state index contributed by atoms with van der Waals surface area (Å²) in [6.45, 7) is 8.04. The Balaban J connectivity index is 1.96. The normalized spacial score (nSPS) is 33.2. The van der Waals surface area contributed by atoms with Gasteiger partial charge in [-0.2, -0.15) is 0 Å². The van der Waals surface area contributed by atoms with Gasteiger partial charge in [0.15, 0.2) is 0 Å². The zero-order valence-electron chi connectivity index (χ0n) is 13.2. The Hall–Kier alpha value is -0.0800. The Morgan fingerprint density at radius 2 is 1.63 bits per heavy atom. The molecular formula is C17H34N2. The van der Waals surface area contributed by atoms with Crippen molar-refractivity contribution in [2.24, 2.45) is 17.6 Å². The third kappa shape index (κ3) is 3.52. The van der Waals surface area contributed by atoms with E-state index < -0.39 is 0 Å². The summed E-state index contributed by atoms with van der Waals surface area (Å²) >= 11 is 0. The minimum Gasteiger partial charge on any atom is -0.329 e. The molecule has 112 valence electrons. The number of rotatable bonds is 6. The second-order valence-corrected chi connectivity index (χ2v) is 6.97. The van der Waals surface area contributed by atoms with Crippen LogP contribution in [-0.4, -0.2) is 30.1 Å². The first-order valence-corrected chi connectivity index (χ1v) is 8.69. The molecule has 2 N–H and O–H groups in total. The van der Waals surface area contributed by atoms with Crippen LogP contribution in [0, 0.1) is 11.8 Å². The summed E-state index contributed by atoms with van der Waals surface area (Å²) in [5.41, 5.74) is 6.57. The Kier molecular flexibility index (Phi) is 5.70. The lowest BCUT2D eigenvalue weighted by atomic mass is 9.74. The molecule has 0 aromatic rings. The van der Waals surface area contributed by atoms with E-state index in [1.54, 1.807) is 0 Å². The van der Waals surface area contributed by atoms with Crippen LogP contribution in [0.5, 0.6) is 0 Å². The van der Waals surface area contributed by atoms with E-state index in [1.165, 1.54) is 70.9 Å². The van der Waals surface area contributed by atoms with Gasteiger partial charge in [0.2, 0.25) is 0 Å². The van der Waals surface area contributed by atoms with Crippen molar-refractivity contribution in [3.05, 3.63) is 0 Å². The highest BCUT2D eigenvalue weighted by Crippen LogP contribution is 2.38. The van der Waals surface area contributed by atoms with Crippen molar-refractivity contribution >= 4 is 0 Å². The van der Waals surface area contributed by atoms with E-state index in [0.717, 1.165) is 18.4 Å². The fourth-order valence-corrected chi connectivity index (χ4v) is 4.44. The Labute approximate surface area is 120 Å². The van der Waals surface area contributed by atoms with Crippen molar-refractivity contribution in [1.29, 1.82) is 0 Å². The van der Waals surface area contributed by atoms with Gasteiger partial charge in [-0.25, -0.2) is 0 Å². The van der Waals surface area contributed by atoms with E-state index in [-0.39, 0.29) is 0 Å². The van der Waals surface area contributed by atoms with Crippen molar-refractivity contribution in [3.63, 3.8) is 0 Å². The highest BCUT2D eigenvalue weighted by Gasteiger charge is 2.39. The number of nitrogens with two attached hydrogens (primary N) is 1. The third-order valence-corrected chi connectivity index (χ3v) is 6.00. The molecule has 0 bridgehead atoms. The summed E-state index contributed by atoms with van der Waals surface area (Å²) < 4.78 is 0. The summed E-state index contributed by atoms with van der Waals surface area (Å²) in [6.07, 6.45) is 12.6. The van der Waals surface area contributed by atoms with E-state index in [0.29, 0.717) is 5.54 Å². The van der Waals surface area contributed by atoms with Gasteiger partial charge in [0.25, 0.3) is 0 Å². The highest BCUT2D eigenvalue weighted by molar-refractivity contribution is 4.96. The van der Waals surface area contributed by atoms with Crippen LogP contribution in [0.2, 0.25) is 0 Å². The summed E-state index contributed by atoms with van der Waals surface area (Å²) in [7, 11) is 0. The molecule has 0 radical (unpaired) electrons. The van der Waals surface area contributed by atoms with Gasteiger partial charge in [-0.05, 0) is 56.9 Å². The van der Waals surface area contributed by atoms with Gasteiger partial charge >= 0.3 is 0 Å². The number of nitrogens with zero attached hydrogens (tertiary/aromatic N) is 1. The molecule has 2 fully saturated rings. The van der Waals surface area contributed by atoms with Crippen molar-refractivity contribution in [2.75, 3.05) is 19.6 Å². The maximum Gasteiger partial charge on any atom is 0.0331 e. The van der Waals surface area contributed by atoms with Crippen molar-refractivity contribution in [2.45, 2.75) is 77.2 Å². The van der Waals surface area contributed by atoms with E-state index in [2.05, 4.69) is 18.7 Å². The van der Waals surface area contributed by atoms with E-state index in [1.807, 2.05) is 0 Å². The molecule has 0 aromatic heterocycles. The second kappa shape index (κ2) is 7.08. The number of hydrogen-bond donors (Lipinski definition) is 1. The Morgan fingerprint density at radius 3 is 2.11 bits per heavy atom. The zero-order valence-corrected chi connectivity index (χ0v) is 13.2. The predicted octanol–water partition coefficient (Wildman–Crippen LogP) is 3.80. The molecule has 0 heterocycles. The Morgan fingerprint density at radius 1 is 1.00 bits per heavy atom. The number of likely N-dealkylation sites (N-methyl/N-ethyl adjacent to an activating group) is 1. The van der Waals surface area contributed by atoms with Gasteiger partial charge in [-0.3, -0.25) is 4.90 Å². The van der Waals surface area contributed by atoms with Crippen LogP contribution in [0.15, 0.2) is 0 Å². The van der Waals surface area contributed by atoms with Gasteiger partial charge < -0.3 is 5.73 Å². The van der Waals surface area contributed by atoms with Gasteiger partial charge in [0.05, 0.1) is 0 Å². The first-order chi connectivity index (χ1) is 9.24. The second-order valence-electron chi connectivity index (χ2n) is 6.97. The van der Waals surface area contributed by atoms with E-state index in [9.17, 15) is 0 Å². The largest absolute Gasteiger partial charge is 0.329 e. The zero-order chi connectivity index (χ0) is 13.7. The van der Waals surface area contributed by atoms with Crippen molar-refractivity contribution < 1.29 is 0 Å². The standard InChI is InChI=1S/C17H34N2/c1-3-15-9-11-17(14-18,12-10-15)19(4-2)13-16-7-5-6-8-16/h15-16H,3-14,18H2,1-2H3. The maximum atomic E-state index is 6.23. The molecule has 0 aliphatic heterocycles. The summed E-state index contributed by atoms with van der Waals surface area (Å²) in [6, 6.07) is 0. The molecule has 0 saturated heterocycles. The molecule has 2 aliphatic rings. The molecule has 0 atom stereocenters. The molecule has 2 aliphatic carbocycles. The lowest BCUT2D eigenvalue weighted by Crippen LogP contribution is -2.56. The summed E-state index contributed by atoms with van der Waals surface area (Å²) in [5, 5.41) is 0. The monoisotopic (exact) mass is 266 g/mol. The van der Waals surface area contributed by atoms with E-state index >= 15 is 0 Å². The SMILES string of the molecule is CCC1CCC(CN)(N(CC)CC2CCCC2)CC1. The van der Waals surface area contributed by atoms with Crippen LogP contribution < -0.4 is 5.73 Å². The molecule has 0 amide bonds. The third-order valence-electron chi connectivity index (χ3n) is 6.00. The van der Waals surface area contributed by atoms with Crippen LogP contribution in [0.1, 0.15) is 71.6 Å². The minimum absolute atomic E-state index is 0.336. The van der Waals surface area contributed by atoms with Crippen LogP contribution >= 0.6 is 0 Å². The molecule has 0 spiro atoms. The molecule has 2 rings (SSSR count). The van der Waals surface area contributed by atoms with Crippen LogP contribution in [0.3, 0.4) is 0 Å². The average Bonchev–Trinajstić information content (AvgIpc) is 2.98. The van der Waals surface area contributed by atoms with Gasteiger partial charge in [-0.15, -0.1) is 0 Å². The molecule has 2 saturated carbocycles. The average molecular weight is 266 g/mol. The van der Waals surface area contributed by atoms with Gasteiger partial charge in [0, 0.05) is 18.6 Å². The van der Waals surface area contributed by atoms with Gasteiger partial charge in [0.1, 0.15) is 0 Å². The molecule has 0 aromatic carbocycles. The number of hydrogen-bond acceptors (Lipinski definition) is 2. The smallest absolute Gasteiger partial charge is 0.0331 e.